The molecular formula is C18H17BClN5O4. The lowest BCUT2D eigenvalue weighted by atomic mass is 9.86. The number of anilines is 2. The van der Waals surface area contributed by atoms with Crippen LogP contribution in [0.5, 0.6) is 5.75 Å². The normalized spacial score (nSPS) is 20.9. The molecule has 2 aromatic rings. The molecule has 11 heteroatoms. The number of carbonyl (C=O) groups excluding carboxylic acids is 1. The van der Waals surface area contributed by atoms with Crippen molar-refractivity contribution in [3.05, 3.63) is 41.5 Å². The highest BCUT2D eigenvalue weighted by molar-refractivity contribution is 6.61. The van der Waals surface area contributed by atoms with Gasteiger partial charge in [-0.2, -0.15) is 10.4 Å². The second kappa shape index (κ2) is 7.79. The van der Waals surface area contributed by atoms with E-state index in [2.05, 4.69) is 16.5 Å². The summed E-state index contributed by atoms with van der Waals surface area (Å²) in [6, 6.07) is 7.03. The predicted molar refractivity (Wildman–Crippen MR) is 106 cm³/mol. The molecule has 1 aromatic heterocycles. The van der Waals surface area contributed by atoms with E-state index in [0.717, 1.165) is 0 Å². The number of rotatable bonds is 4. The van der Waals surface area contributed by atoms with Crippen LogP contribution in [0.2, 0.25) is 0 Å². The second-order valence-electron chi connectivity index (χ2n) is 6.76. The Kier molecular flexibility index (Phi) is 5.19. The van der Waals surface area contributed by atoms with Gasteiger partial charge in [-0.05, 0) is 30.6 Å². The number of aromatic nitrogens is 2. The molecule has 0 radical (unpaired) electrons. The van der Waals surface area contributed by atoms with Crippen LogP contribution in [0.1, 0.15) is 28.4 Å². The number of hydrogen-bond acceptors (Lipinski definition) is 7. The maximum Gasteiger partial charge on any atom is 0.553 e. The van der Waals surface area contributed by atoms with Crippen molar-refractivity contribution < 1.29 is 19.2 Å². The van der Waals surface area contributed by atoms with Crippen molar-refractivity contribution in [3.8, 4) is 11.8 Å². The average Bonchev–Trinajstić information content (AvgIpc) is 3.12. The molecule has 1 amide bonds. The van der Waals surface area contributed by atoms with Crippen LogP contribution in [0.25, 0.3) is 5.03 Å². The summed E-state index contributed by atoms with van der Waals surface area (Å²) in [5.74, 6) is 1.16. The van der Waals surface area contributed by atoms with Crippen LogP contribution < -0.4 is 15.7 Å². The minimum absolute atomic E-state index is 0.193. The molecule has 0 aliphatic carbocycles. The first-order valence-corrected chi connectivity index (χ1v) is 9.34. The minimum Gasteiger partial charge on any atom is -0.532 e. The van der Waals surface area contributed by atoms with Crippen LogP contribution in [-0.4, -0.2) is 41.0 Å². The molecule has 4 N–H and O–H groups in total. The SMILES string of the molecule is N#CC1CCOCC1n1cc(C(N)=O)c(Nc2ccc3c(c2)C(Cl)=CB(O)O3)n1. The largest absolute Gasteiger partial charge is 0.553 e. The monoisotopic (exact) mass is 413 g/mol. The second-order valence-corrected chi connectivity index (χ2v) is 7.17. The summed E-state index contributed by atoms with van der Waals surface area (Å²) in [5.41, 5.74) is 6.90. The summed E-state index contributed by atoms with van der Waals surface area (Å²) in [6.07, 6.45) is 2.12. The zero-order valence-electron chi connectivity index (χ0n) is 15.2. The first kappa shape index (κ1) is 19.3. The lowest BCUT2D eigenvalue weighted by molar-refractivity contribution is 0.0342. The lowest BCUT2D eigenvalue weighted by Crippen LogP contribution is -2.29. The third-order valence-electron chi connectivity index (χ3n) is 4.87. The predicted octanol–water partition coefficient (Wildman–Crippen LogP) is 1.82. The van der Waals surface area contributed by atoms with Gasteiger partial charge in [0.1, 0.15) is 11.3 Å². The maximum absolute atomic E-state index is 11.9. The molecule has 2 aliphatic heterocycles. The van der Waals surface area contributed by atoms with Crippen molar-refractivity contribution in [2.24, 2.45) is 11.7 Å². The topological polar surface area (TPSA) is 135 Å². The van der Waals surface area contributed by atoms with Gasteiger partial charge in [-0.25, -0.2) is 0 Å². The highest BCUT2D eigenvalue weighted by atomic mass is 35.5. The summed E-state index contributed by atoms with van der Waals surface area (Å²) >= 11 is 6.19. The zero-order valence-corrected chi connectivity index (χ0v) is 16.0. The molecule has 1 fully saturated rings. The lowest BCUT2D eigenvalue weighted by Gasteiger charge is -2.26. The number of amides is 1. The molecule has 9 nitrogen and oxygen atoms in total. The standard InChI is InChI=1S/C18H17BClN5O4/c20-14-6-19(27)29-16-2-1-11(5-12(14)16)23-18-13(17(22)26)8-25(24-18)15-9-28-4-3-10(15)7-21/h1-2,5-6,8,10,15,27H,3-4,9H2,(H2,22,26)(H,23,24). The molecule has 4 rings (SSSR count). The Morgan fingerprint density at radius 3 is 3.10 bits per heavy atom. The number of ether oxygens (including phenoxy) is 1. The summed E-state index contributed by atoms with van der Waals surface area (Å²) in [5, 5.41) is 26.9. The smallest absolute Gasteiger partial charge is 0.532 e. The Bertz CT molecular complexity index is 1030. The van der Waals surface area contributed by atoms with Crippen LogP contribution in [-0.2, 0) is 4.74 Å². The number of primary amides is 1. The fourth-order valence-corrected chi connectivity index (χ4v) is 3.64. The molecule has 29 heavy (non-hydrogen) atoms. The van der Waals surface area contributed by atoms with E-state index in [1.165, 1.54) is 12.2 Å². The number of nitriles is 1. The zero-order chi connectivity index (χ0) is 20.5. The Labute approximate surface area is 171 Å². The molecular weight excluding hydrogens is 396 g/mol. The van der Waals surface area contributed by atoms with Gasteiger partial charge in [-0.15, -0.1) is 0 Å². The van der Waals surface area contributed by atoms with Gasteiger partial charge in [0.05, 0.1) is 24.6 Å². The minimum atomic E-state index is -1.10. The number of nitrogens with two attached hydrogens (primary N) is 1. The number of benzene rings is 1. The van der Waals surface area contributed by atoms with Crippen LogP contribution in [0.4, 0.5) is 11.5 Å². The van der Waals surface area contributed by atoms with Crippen molar-refractivity contribution in [2.45, 2.75) is 12.5 Å². The summed E-state index contributed by atoms with van der Waals surface area (Å²) < 4.78 is 12.3. The van der Waals surface area contributed by atoms with Crippen LogP contribution in [0.3, 0.4) is 0 Å². The van der Waals surface area contributed by atoms with Gasteiger partial charge in [0, 0.05) is 29.1 Å². The van der Waals surface area contributed by atoms with Gasteiger partial charge >= 0.3 is 7.12 Å². The Balaban J connectivity index is 1.65. The number of fused-ring (bicyclic) bond motifs is 1. The van der Waals surface area contributed by atoms with E-state index in [-0.39, 0.29) is 23.3 Å². The highest BCUT2D eigenvalue weighted by Gasteiger charge is 2.30. The van der Waals surface area contributed by atoms with E-state index < -0.39 is 13.0 Å². The number of carbonyl (C=O) groups is 1. The molecule has 2 unspecified atom stereocenters. The Morgan fingerprint density at radius 2 is 2.34 bits per heavy atom. The van der Waals surface area contributed by atoms with E-state index in [1.807, 2.05) is 0 Å². The van der Waals surface area contributed by atoms with Crippen molar-refractivity contribution in [3.63, 3.8) is 0 Å². The van der Waals surface area contributed by atoms with Crippen molar-refractivity contribution in [2.75, 3.05) is 18.5 Å². The first-order valence-electron chi connectivity index (χ1n) is 8.96. The average molecular weight is 414 g/mol. The van der Waals surface area contributed by atoms with Gasteiger partial charge in [0.25, 0.3) is 5.91 Å². The number of nitrogens with zero attached hydrogens (tertiary/aromatic N) is 3. The maximum atomic E-state index is 11.9. The number of halogens is 1. The molecule has 0 bridgehead atoms. The van der Waals surface area contributed by atoms with Gasteiger partial charge in [-0.1, -0.05) is 11.6 Å². The quantitative estimate of drug-likeness (QED) is 0.650. The molecule has 0 spiro atoms. The summed E-state index contributed by atoms with van der Waals surface area (Å²) in [4.78, 5) is 11.9. The van der Waals surface area contributed by atoms with Gasteiger partial charge in [-0.3, -0.25) is 9.48 Å². The fourth-order valence-electron chi connectivity index (χ4n) is 3.38. The number of nitrogens with one attached hydrogen (secondary N) is 1. The molecule has 0 saturated carbocycles. The van der Waals surface area contributed by atoms with Crippen LogP contribution in [0.15, 0.2) is 30.4 Å². The van der Waals surface area contributed by atoms with E-state index in [0.29, 0.717) is 41.7 Å². The van der Waals surface area contributed by atoms with Crippen molar-refractivity contribution >= 4 is 41.2 Å². The molecule has 1 aromatic carbocycles. The third kappa shape index (κ3) is 3.80. The molecule has 2 aliphatic rings. The summed E-state index contributed by atoms with van der Waals surface area (Å²) in [7, 11) is -1.10. The van der Waals surface area contributed by atoms with Crippen molar-refractivity contribution in [1.29, 1.82) is 5.26 Å². The van der Waals surface area contributed by atoms with Crippen molar-refractivity contribution in [1.82, 2.24) is 9.78 Å². The Hall–Kier alpha value is -3.00. The molecule has 3 heterocycles. The fraction of sp³-hybridized carbons (Fsp3) is 0.278. The third-order valence-corrected chi connectivity index (χ3v) is 5.20. The van der Waals surface area contributed by atoms with E-state index >= 15 is 0 Å². The Morgan fingerprint density at radius 1 is 1.52 bits per heavy atom. The summed E-state index contributed by atoms with van der Waals surface area (Å²) in [6.45, 7) is 0.848. The molecule has 1 saturated heterocycles. The van der Waals surface area contributed by atoms with Gasteiger partial charge in [0.15, 0.2) is 5.82 Å². The van der Waals surface area contributed by atoms with E-state index in [1.54, 1.807) is 22.9 Å². The van der Waals surface area contributed by atoms with Crippen LogP contribution in [0, 0.1) is 17.2 Å². The van der Waals surface area contributed by atoms with E-state index in [4.69, 9.17) is 26.7 Å². The van der Waals surface area contributed by atoms with Crippen LogP contribution >= 0.6 is 11.6 Å². The van der Waals surface area contributed by atoms with E-state index in [9.17, 15) is 15.1 Å². The highest BCUT2D eigenvalue weighted by Crippen LogP contribution is 2.36. The first-order chi connectivity index (χ1) is 14.0. The molecule has 2 atom stereocenters. The van der Waals surface area contributed by atoms with Gasteiger partial charge in [0.2, 0.25) is 0 Å². The molecule has 148 valence electrons. The number of hydrogen-bond donors (Lipinski definition) is 3. The van der Waals surface area contributed by atoms with Gasteiger partial charge < -0.3 is 25.5 Å².